The molecule has 3 N–H and O–H groups in total. The molecule has 4 atom stereocenters. The van der Waals surface area contributed by atoms with Gasteiger partial charge in [0.2, 0.25) is 11.9 Å². The number of ether oxygens (including phenoxy) is 2. The van der Waals surface area contributed by atoms with E-state index in [4.69, 9.17) is 26.1 Å². The molecule has 10 heteroatoms. The zero-order valence-corrected chi connectivity index (χ0v) is 23.9. The van der Waals surface area contributed by atoms with Gasteiger partial charge < -0.3 is 30.3 Å². The fraction of sp³-hybridized carbons (Fsp3) is 0.552. The average molecular weight is 555 g/mol. The number of aromatic nitrogens is 2. The van der Waals surface area contributed by atoms with Crippen molar-refractivity contribution in [2.75, 3.05) is 51.1 Å². The number of hydrogen-bond acceptors (Lipinski definition) is 8. The van der Waals surface area contributed by atoms with Crippen LogP contribution in [-0.4, -0.2) is 73.3 Å². The third-order valence-corrected chi connectivity index (χ3v) is 8.29. The highest BCUT2D eigenvalue weighted by Gasteiger charge is 2.48. The predicted octanol–water partition coefficient (Wildman–Crippen LogP) is 4.06. The van der Waals surface area contributed by atoms with Gasteiger partial charge in [-0.1, -0.05) is 23.8 Å². The molecular formula is C29H39ClN6O3. The highest BCUT2D eigenvalue weighted by molar-refractivity contribution is 6.32. The Labute approximate surface area is 235 Å². The molecule has 39 heavy (non-hydrogen) atoms. The lowest BCUT2D eigenvalue weighted by Gasteiger charge is -2.29. The van der Waals surface area contributed by atoms with Gasteiger partial charge in [-0.25, -0.2) is 4.98 Å². The van der Waals surface area contributed by atoms with Gasteiger partial charge in [0.1, 0.15) is 10.8 Å². The van der Waals surface area contributed by atoms with Crippen molar-refractivity contribution < 1.29 is 14.3 Å². The van der Waals surface area contributed by atoms with Crippen LogP contribution in [0.5, 0.6) is 5.75 Å². The summed E-state index contributed by atoms with van der Waals surface area (Å²) in [5, 5.41) is 10.4. The quantitative estimate of drug-likeness (QED) is 0.378. The minimum atomic E-state index is -0.169. The summed E-state index contributed by atoms with van der Waals surface area (Å²) < 4.78 is 11.0. The first-order valence-electron chi connectivity index (χ1n) is 13.8. The highest BCUT2D eigenvalue weighted by Crippen LogP contribution is 2.45. The number of nitrogens with zero attached hydrogens (tertiary/aromatic N) is 3. The smallest absolute Gasteiger partial charge is 0.229 e. The number of halogens is 1. The van der Waals surface area contributed by atoms with E-state index in [9.17, 15) is 4.79 Å². The second kappa shape index (κ2) is 12.1. The van der Waals surface area contributed by atoms with Crippen LogP contribution in [0.2, 0.25) is 5.02 Å². The number of methoxy groups -OCH3 is 2. The zero-order chi connectivity index (χ0) is 27.5. The molecular weight excluding hydrogens is 516 g/mol. The molecule has 2 bridgehead atoms. The molecule has 0 spiro atoms. The lowest BCUT2D eigenvalue weighted by Crippen LogP contribution is -2.45. The van der Waals surface area contributed by atoms with Crippen molar-refractivity contribution >= 4 is 35.0 Å². The molecule has 2 aliphatic carbocycles. The third-order valence-electron chi connectivity index (χ3n) is 8.02. The first kappa shape index (κ1) is 27.7. The van der Waals surface area contributed by atoms with Crippen LogP contribution in [0.15, 0.2) is 30.5 Å². The number of allylic oxidation sites excluding steroid dienone is 1. The van der Waals surface area contributed by atoms with Crippen LogP contribution in [0.4, 0.5) is 17.5 Å². The maximum Gasteiger partial charge on any atom is 0.229 e. The molecule has 0 unspecified atom stereocenters. The average Bonchev–Trinajstić information content (AvgIpc) is 3.46. The lowest BCUT2D eigenvalue weighted by molar-refractivity contribution is -0.126. The predicted molar refractivity (Wildman–Crippen MR) is 154 cm³/mol. The van der Waals surface area contributed by atoms with Crippen LogP contribution in [0.1, 0.15) is 31.4 Å². The van der Waals surface area contributed by atoms with Gasteiger partial charge in [-0.2, -0.15) is 4.98 Å². The van der Waals surface area contributed by atoms with Crippen LogP contribution >= 0.6 is 11.6 Å². The van der Waals surface area contributed by atoms with Gasteiger partial charge in [0.05, 0.1) is 31.5 Å². The molecule has 1 fully saturated rings. The second-order valence-corrected chi connectivity index (χ2v) is 11.4. The minimum absolute atomic E-state index is 0.0679. The summed E-state index contributed by atoms with van der Waals surface area (Å²) in [4.78, 5) is 24.6. The highest BCUT2D eigenvalue weighted by atomic mass is 35.5. The van der Waals surface area contributed by atoms with Crippen molar-refractivity contribution in [1.82, 2.24) is 20.2 Å². The van der Waals surface area contributed by atoms with E-state index >= 15 is 0 Å². The standard InChI is InChI=1S/C29H39ClN6O3/c1-17(2)32-28(37)25-20-5-6-21(13-20)26(25)34-27-22(30)16-31-29(35-27)33-23-14-18-7-9-36(11-12-38-3)10-8-19(18)15-24(23)39-4/h5-6,14-17,20-21,25-26H,7-13H2,1-4H3,(H,32,37)(H2,31,33,34,35)/t20-,21+,25+,26-/m0/s1. The lowest BCUT2D eigenvalue weighted by atomic mass is 9.88. The topological polar surface area (TPSA) is 101 Å². The fourth-order valence-electron chi connectivity index (χ4n) is 6.08. The SMILES string of the molecule is COCCN1CCc2cc(Nc3ncc(Cl)c(N[C@@H]4[C@H](C(=O)NC(C)C)[C@H]5C=C[C@@H]4C5)n3)c(OC)cc2CC1. The summed E-state index contributed by atoms with van der Waals surface area (Å²) in [6.45, 7) is 7.61. The van der Waals surface area contributed by atoms with E-state index in [0.717, 1.165) is 56.9 Å². The largest absolute Gasteiger partial charge is 0.495 e. The Bertz CT molecular complexity index is 1220. The van der Waals surface area contributed by atoms with Crippen LogP contribution in [0.3, 0.4) is 0 Å². The first-order valence-corrected chi connectivity index (χ1v) is 14.2. The van der Waals surface area contributed by atoms with Crippen LogP contribution in [0, 0.1) is 17.8 Å². The maximum absolute atomic E-state index is 13.0. The van der Waals surface area contributed by atoms with Crippen molar-refractivity contribution in [3.63, 3.8) is 0 Å². The molecule has 3 aliphatic rings. The molecule has 2 aromatic rings. The molecule has 1 aliphatic heterocycles. The Morgan fingerprint density at radius 2 is 1.90 bits per heavy atom. The van der Waals surface area contributed by atoms with Gasteiger partial charge in [-0.3, -0.25) is 4.79 Å². The van der Waals surface area contributed by atoms with Crippen molar-refractivity contribution in [1.29, 1.82) is 0 Å². The summed E-state index contributed by atoms with van der Waals surface area (Å²) in [6, 6.07) is 4.27. The summed E-state index contributed by atoms with van der Waals surface area (Å²) in [7, 11) is 3.42. The number of hydrogen-bond donors (Lipinski definition) is 3. The van der Waals surface area contributed by atoms with Crippen LogP contribution in [0.25, 0.3) is 0 Å². The first-order chi connectivity index (χ1) is 18.9. The molecule has 9 nitrogen and oxygen atoms in total. The molecule has 0 saturated heterocycles. The third kappa shape index (κ3) is 6.15. The Balaban J connectivity index is 1.34. The van der Waals surface area contributed by atoms with Gasteiger partial charge in [-0.05, 0) is 68.2 Å². The Kier molecular flexibility index (Phi) is 8.59. The van der Waals surface area contributed by atoms with Crippen molar-refractivity contribution in [2.45, 2.75) is 45.2 Å². The normalized spacial score (nSPS) is 23.9. The Morgan fingerprint density at radius 1 is 1.15 bits per heavy atom. The monoisotopic (exact) mass is 554 g/mol. The van der Waals surface area contributed by atoms with E-state index in [1.54, 1.807) is 20.4 Å². The molecule has 2 heterocycles. The summed E-state index contributed by atoms with van der Waals surface area (Å²) >= 11 is 6.54. The molecule has 5 rings (SSSR count). The van der Waals surface area contributed by atoms with Crippen LogP contribution in [-0.2, 0) is 22.4 Å². The molecule has 1 amide bonds. The second-order valence-electron chi connectivity index (χ2n) is 11.0. The van der Waals surface area contributed by atoms with Gasteiger partial charge in [0, 0.05) is 38.8 Å². The number of amides is 1. The van der Waals surface area contributed by atoms with E-state index in [0.29, 0.717) is 16.8 Å². The Morgan fingerprint density at radius 3 is 2.62 bits per heavy atom. The maximum atomic E-state index is 13.0. The molecule has 210 valence electrons. The van der Waals surface area contributed by atoms with Crippen molar-refractivity contribution in [3.05, 3.63) is 46.6 Å². The number of fused-ring (bicyclic) bond motifs is 3. The molecule has 1 aromatic heterocycles. The number of carbonyl (C=O) groups is 1. The number of nitrogens with one attached hydrogen (secondary N) is 3. The van der Waals surface area contributed by atoms with E-state index in [1.807, 2.05) is 13.8 Å². The molecule has 0 radical (unpaired) electrons. The van der Waals surface area contributed by atoms with E-state index in [-0.39, 0.29) is 35.7 Å². The van der Waals surface area contributed by atoms with Gasteiger partial charge in [0.15, 0.2) is 5.82 Å². The summed E-state index contributed by atoms with van der Waals surface area (Å²) in [5.74, 6) is 2.06. The number of benzene rings is 1. The van der Waals surface area contributed by atoms with Gasteiger partial charge in [-0.15, -0.1) is 0 Å². The number of carbonyl (C=O) groups excluding carboxylic acids is 1. The van der Waals surface area contributed by atoms with Gasteiger partial charge >= 0.3 is 0 Å². The van der Waals surface area contributed by atoms with Gasteiger partial charge in [0.25, 0.3) is 0 Å². The molecule has 1 saturated carbocycles. The summed E-state index contributed by atoms with van der Waals surface area (Å²) in [5.41, 5.74) is 3.40. The van der Waals surface area contributed by atoms with Crippen molar-refractivity contribution in [2.24, 2.45) is 17.8 Å². The van der Waals surface area contributed by atoms with Crippen LogP contribution < -0.4 is 20.7 Å². The fourth-order valence-corrected chi connectivity index (χ4v) is 6.22. The number of anilines is 3. The minimum Gasteiger partial charge on any atom is -0.495 e. The Hall–Kier alpha value is -2.88. The van der Waals surface area contributed by atoms with Crippen molar-refractivity contribution in [3.8, 4) is 5.75 Å². The molecule has 1 aromatic carbocycles. The van der Waals surface area contributed by atoms with E-state index in [2.05, 4.69) is 50.1 Å². The van der Waals surface area contributed by atoms with E-state index < -0.39 is 0 Å². The number of rotatable bonds is 10. The van der Waals surface area contributed by atoms with E-state index in [1.165, 1.54) is 11.1 Å². The summed E-state index contributed by atoms with van der Waals surface area (Å²) in [6.07, 6.45) is 8.83. The zero-order valence-electron chi connectivity index (χ0n) is 23.2.